The zero-order valence-corrected chi connectivity index (χ0v) is 14.9. The van der Waals surface area contributed by atoms with Crippen molar-refractivity contribution in [2.75, 3.05) is 17.7 Å². The SMILES string of the molecule is COc1cc(NC(=O)NCc2ccc(C)cc2C)ccc1NC(C)=O. The van der Waals surface area contributed by atoms with Gasteiger partial charge in [-0.05, 0) is 37.1 Å². The van der Waals surface area contributed by atoms with E-state index in [0.717, 1.165) is 11.1 Å². The van der Waals surface area contributed by atoms with Crippen LogP contribution >= 0.6 is 0 Å². The molecular formula is C19H23N3O3. The monoisotopic (exact) mass is 341 g/mol. The summed E-state index contributed by atoms with van der Waals surface area (Å²) < 4.78 is 5.24. The highest BCUT2D eigenvalue weighted by Gasteiger charge is 2.08. The van der Waals surface area contributed by atoms with Crippen LogP contribution in [0.5, 0.6) is 5.75 Å². The van der Waals surface area contributed by atoms with E-state index in [1.54, 1.807) is 18.2 Å². The molecule has 0 saturated carbocycles. The second kappa shape index (κ2) is 8.19. The molecule has 0 unspecified atom stereocenters. The molecule has 0 aromatic heterocycles. The molecule has 0 saturated heterocycles. The van der Waals surface area contributed by atoms with E-state index in [1.165, 1.54) is 19.6 Å². The number of methoxy groups -OCH3 is 1. The lowest BCUT2D eigenvalue weighted by molar-refractivity contribution is -0.114. The fraction of sp³-hybridized carbons (Fsp3) is 0.263. The fourth-order valence-corrected chi connectivity index (χ4v) is 2.46. The molecule has 0 atom stereocenters. The van der Waals surface area contributed by atoms with Crippen molar-refractivity contribution in [3.63, 3.8) is 0 Å². The average molecular weight is 341 g/mol. The van der Waals surface area contributed by atoms with Gasteiger partial charge in [0.25, 0.3) is 0 Å². The standard InChI is InChI=1S/C19H23N3O3/c1-12-5-6-15(13(2)9-12)11-20-19(24)22-16-7-8-17(21-14(3)23)18(10-16)25-4/h5-10H,11H2,1-4H3,(H,21,23)(H2,20,22,24). The Hall–Kier alpha value is -3.02. The number of anilines is 2. The predicted octanol–water partition coefficient (Wildman–Crippen LogP) is 3.59. The number of urea groups is 1. The van der Waals surface area contributed by atoms with Crippen molar-refractivity contribution in [3.8, 4) is 5.75 Å². The Morgan fingerprint density at radius 3 is 2.44 bits per heavy atom. The van der Waals surface area contributed by atoms with Crippen molar-refractivity contribution in [1.29, 1.82) is 0 Å². The summed E-state index contributed by atoms with van der Waals surface area (Å²) >= 11 is 0. The van der Waals surface area contributed by atoms with Gasteiger partial charge in [-0.15, -0.1) is 0 Å². The molecule has 25 heavy (non-hydrogen) atoms. The van der Waals surface area contributed by atoms with Crippen molar-refractivity contribution in [2.45, 2.75) is 27.3 Å². The molecular weight excluding hydrogens is 318 g/mol. The van der Waals surface area contributed by atoms with Gasteiger partial charge in [-0.2, -0.15) is 0 Å². The van der Waals surface area contributed by atoms with Gasteiger partial charge >= 0.3 is 6.03 Å². The van der Waals surface area contributed by atoms with E-state index in [2.05, 4.69) is 22.0 Å². The van der Waals surface area contributed by atoms with Crippen molar-refractivity contribution in [3.05, 3.63) is 53.1 Å². The summed E-state index contributed by atoms with van der Waals surface area (Å²) in [4.78, 5) is 23.3. The molecule has 2 rings (SSSR count). The fourth-order valence-electron chi connectivity index (χ4n) is 2.46. The zero-order valence-electron chi connectivity index (χ0n) is 14.9. The molecule has 3 amide bonds. The van der Waals surface area contributed by atoms with Crippen LogP contribution in [0.2, 0.25) is 0 Å². The van der Waals surface area contributed by atoms with E-state index < -0.39 is 0 Å². The lowest BCUT2D eigenvalue weighted by Gasteiger charge is -2.13. The molecule has 0 bridgehead atoms. The Kier molecular flexibility index (Phi) is 6.00. The molecule has 0 radical (unpaired) electrons. The molecule has 6 heteroatoms. The normalized spacial score (nSPS) is 10.1. The van der Waals surface area contributed by atoms with Crippen LogP contribution < -0.4 is 20.7 Å². The van der Waals surface area contributed by atoms with E-state index in [-0.39, 0.29) is 11.9 Å². The summed E-state index contributed by atoms with van der Waals surface area (Å²) in [6, 6.07) is 10.8. The van der Waals surface area contributed by atoms with E-state index >= 15 is 0 Å². The van der Waals surface area contributed by atoms with Gasteiger partial charge in [-0.3, -0.25) is 4.79 Å². The molecule has 132 valence electrons. The first kappa shape index (κ1) is 18.3. The van der Waals surface area contributed by atoms with E-state index in [9.17, 15) is 9.59 Å². The maximum absolute atomic E-state index is 12.1. The molecule has 0 aliphatic rings. The number of hydrogen-bond donors (Lipinski definition) is 3. The maximum atomic E-state index is 12.1. The number of carbonyl (C=O) groups is 2. The minimum absolute atomic E-state index is 0.190. The molecule has 0 aliphatic carbocycles. The van der Waals surface area contributed by atoms with Gasteiger partial charge in [0, 0.05) is 25.2 Å². The molecule has 0 aliphatic heterocycles. The number of nitrogens with one attached hydrogen (secondary N) is 3. The second-order valence-electron chi connectivity index (χ2n) is 5.83. The van der Waals surface area contributed by atoms with Crippen LogP contribution in [-0.4, -0.2) is 19.0 Å². The summed E-state index contributed by atoms with van der Waals surface area (Å²) in [5, 5.41) is 8.26. The molecule has 0 heterocycles. The van der Waals surface area contributed by atoms with Gasteiger partial charge in [0.2, 0.25) is 5.91 Å². The summed E-state index contributed by atoms with van der Waals surface area (Å²) in [6.07, 6.45) is 0. The van der Waals surface area contributed by atoms with Gasteiger partial charge in [-0.1, -0.05) is 23.8 Å². The third-order valence-electron chi connectivity index (χ3n) is 3.71. The number of benzene rings is 2. The van der Waals surface area contributed by atoms with Crippen LogP contribution in [0.1, 0.15) is 23.6 Å². The number of amides is 3. The minimum atomic E-state index is -0.311. The van der Waals surface area contributed by atoms with Crippen LogP contribution in [0, 0.1) is 13.8 Å². The van der Waals surface area contributed by atoms with Crippen molar-refractivity contribution >= 4 is 23.3 Å². The summed E-state index contributed by atoms with van der Waals surface area (Å²) in [6.45, 7) is 5.92. The Morgan fingerprint density at radius 1 is 1.04 bits per heavy atom. The van der Waals surface area contributed by atoms with Gasteiger partial charge in [0.1, 0.15) is 5.75 Å². The lowest BCUT2D eigenvalue weighted by atomic mass is 10.1. The van der Waals surface area contributed by atoms with Crippen LogP contribution in [0.25, 0.3) is 0 Å². The predicted molar refractivity (Wildman–Crippen MR) is 99.1 cm³/mol. The zero-order chi connectivity index (χ0) is 18.4. The molecule has 0 spiro atoms. The third-order valence-corrected chi connectivity index (χ3v) is 3.71. The summed E-state index contributed by atoms with van der Waals surface area (Å²) in [5.41, 5.74) is 4.53. The largest absolute Gasteiger partial charge is 0.494 e. The highest BCUT2D eigenvalue weighted by atomic mass is 16.5. The lowest BCUT2D eigenvalue weighted by Crippen LogP contribution is -2.28. The first-order valence-electron chi connectivity index (χ1n) is 7.95. The van der Waals surface area contributed by atoms with Crippen LogP contribution in [0.15, 0.2) is 36.4 Å². The summed E-state index contributed by atoms with van der Waals surface area (Å²) in [5.74, 6) is 0.285. The highest BCUT2D eigenvalue weighted by molar-refractivity contribution is 5.93. The second-order valence-corrected chi connectivity index (χ2v) is 5.83. The molecule has 6 nitrogen and oxygen atoms in total. The Balaban J connectivity index is 1.99. The van der Waals surface area contributed by atoms with Gasteiger partial charge in [0.15, 0.2) is 0 Å². The van der Waals surface area contributed by atoms with Crippen molar-refractivity contribution < 1.29 is 14.3 Å². The Morgan fingerprint density at radius 2 is 1.80 bits per heavy atom. The molecule has 0 fully saturated rings. The van der Waals surface area contributed by atoms with E-state index in [4.69, 9.17) is 4.74 Å². The highest BCUT2D eigenvalue weighted by Crippen LogP contribution is 2.27. The molecule has 2 aromatic carbocycles. The number of hydrogen-bond acceptors (Lipinski definition) is 3. The maximum Gasteiger partial charge on any atom is 0.319 e. The van der Waals surface area contributed by atoms with E-state index in [1.807, 2.05) is 26.0 Å². The van der Waals surface area contributed by atoms with Crippen molar-refractivity contribution in [2.24, 2.45) is 0 Å². The number of carbonyl (C=O) groups excluding carboxylic acids is 2. The third kappa shape index (κ3) is 5.24. The molecule has 3 N–H and O–H groups in total. The first-order chi connectivity index (χ1) is 11.9. The Bertz CT molecular complexity index is 787. The minimum Gasteiger partial charge on any atom is -0.494 e. The van der Waals surface area contributed by atoms with Gasteiger partial charge in [-0.25, -0.2) is 4.79 Å². The number of rotatable bonds is 5. The number of ether oxygens (including phenoxy) is 1. The van der Waals surface area contributed by atoms with Gasteiger partial charge in [0.05, 0.1) is 12.8 Å². The summed E-state index contributed by atoms with van der Waals surface area (Å²) in [7, 11) is 1.50. The van der Waals surface area contributed by atoms with Crippen LogP contribution in [0.4, 0.5) is 16.2 Å². The van der Waals surface area contributed by atoms with Crippen LogP contribution in [-0.2, 0) is 11.3 Å². The van der Waals surface area contributed by atoms with Gasteiger partial charge < -0.3 is 20.7 Å². The smallest absolute Gasteiger partial charge is 0.319 e. The van der Waals surface area contributed by atoms with Crippen molar-refractivity contribution in [1.82, 2.24) is 5.32 Å². The van der Waals surface area contributed by atoms with E-state index in [0.29, 0.717) is 23.7 Å². The average Bonchev–Trinajstić information content (AvgIpc) is 2.55. The van der Waals surface area contributed by atoms with Crippen LogP contribution in [0.3, 0.4) is 0 Å². The quantitative estimate of drug-likeness (QED) is 0.777. The number of aryl methyl sites for hydroxylation is 2. The molecule has 2 aromatic rings. The first-order valence-corrected chi connectivity index (χ1v) is 7.95. The Labute approximate surface area is 147 Å². The topological polar surface area (TPSA) is 79.5 Å².